The molecule has 0 spiro atoms. The van der Waals surface area contributed by atoms with Crippen molar-refractivity contribution in [3.63, 3.8) is 0 Å². The van der Waals surface area contributed by atoms with Crippen LogP contribution in [-0.2, 0) is 13.1 Å². The molecule has 0 fully saturated rings. The van der Waals surface area contributed by atoms with Crippen LogP contribution in [0.15, 0.2) is 54.7 Å². The van der Waals surface area contributed by atoms with Gasteiger partial charge in [-0.3, -0.25) is 9.88 Å². The van der Waals surface area contributed by atoms with E-state index in [0.717, 1.165) is 6.54 Å². The molecule has 0 radical (unpaired) electrons. The summed E-state index contributed by atoms with van der Waals surface area (Å²) in [7, 11) is 1.98. The zero-order chi connectivity index (χ0) is 16.8. The van der Waals surface area contributed by atoms with Gasteiger partial charge in [-0.2, -0.15) is 0 Å². The smallest absolute Gasteiger partial charge is 0.200 e. The minimum absolute atomic E-state index is 0.317. The van der Waals surface area contributed by atoms with Gasteiger partial charge in [0.15, 0.2) is 0 Å². The van der Waals surface area contributed by atoms with E-state index in [1.54, 1.807) is 10.9 Å². The van der Waals surface area contributed by atoms with Crippen molar-refractivity contribution < 1.29 is 5.11 Å². The zero-order valence-electron chi connectivity index (χ0n) is 13.5. The molecule has 0 amide bonds. The van der Waals surface area contributed by atoms with Gasteiger partial charge in [-0.05, 0) is 35.2 Å². The topological polar surface area (TPSA) is 80.0 Å². The molecular weight excluding hydrogens is 304 g/mol. The van der Waals surface area contributed by atoms with Crippen molar-refractivity contribution in [3.05, 3.63) is 60.3 Å². The maximum atomic E-state index is 10.4. The summed E-state index contributed by atoms with van der Waals surface area (Å²) in [6.07, 6.45) is 1.11. The van der Waals surface area contributed by atoms with E-state index in [2.05, 4.69) is 37.5 Å². The number of tetrazole rings is 1. The Morgan fingerprint density at radius 3 is 2.67 bits per heavy atom. The van der Waals surface area contributed by atoms with Gasteiger partial charge >= 0.3 is 0 Å². The molecule has 1 N–H and O–H groups in total. The molecular formula is C17H20N6O. The summed E-state index contributed by atoms with van der Waals surface area (Å²) < 4.78 is 1.59. The Morgan fingerprint density at radius 2 is 1.92 bits per heavy atom. The molecule has 0 unspecified atom stereocenters. The van der Waals surface area contributed by atoms with Gasteiger partial charge in [-0.1, -0.05) is 36.4 Å². The molecule has 0 saturated heterocycles. The zero-order valence-corrected chi connectivity index (χ0v) is 13.5. The SMILES string of the molecule is CN(Cc1ccccc1)C[C@H](O)Cn1nnnc1-c1ccccn1. The fraction of sp³-hybridized carbons (Fsp3) is 0.294. The van der Waals surface area contributed by atoms with Gasteiger partial charge in [0.2, 0.25) is 5.82 Å². The van der Waals surface area contributed by atoms with Crippen LogP contribution in [0.2, 0.25) is 0 Å². The third kappa shape index (κ3) is 4.21. The number of benzene rings is 1. The van der Waals surface area contributed by atoms with Gasteiger partial charge in [0.1, 0.15) is 5.69 Å². The lowest BCUT2D eigenvalue weighted by molar-refractivity contribution is 0.103. The Kier molecular flexibility index (Phi) is 5.25. The maximum Gasteiger partial charge on any atom is 0.200 e. The summed E-state index contributed by atoms with van der Waals surface area (Å²) in [4.78, 5) is 6.32. The summed E-state index contributed by atoms with van der Waals surface area (Å²) >= 11 is 0. The lowest BCUT2D eigenvalue weighted by Crippen LogP contribution is -2.32. The number of hydrogen-bond acceptors (Lipinski definition) is 6. The van der Waals surface area contributed by atoms with Crippen LogP contribution in [0.1, 0.15) is 5.56 Å². The first-order chi connectivity index (χ1) is 11.7. The number of hydrogen-bond donors (Lipinski definition) is 1. The largest absolute Gasteiger partial charge is 0.390 e. The van der Waals surface area contributed by atoms with Gasteiger partial charge in [0.05, 0.1) is 12.6 Å². The molecule has 3 aromatic rings. The van der Waals surface area contributed by atoms with E-state index in [1.165, 1.54) is 5.56 Å². The van der Waals surface area contributed by atoms with Crippen LogP contribution in [0.5, 0.6) is 0 Å². The van der Waals surface area contributed by atoms with E-state index in [1.807, 2.05) is 43.4 Å². The Balaban J connectivity index is 1.59. The second-order valence-corrected chi connectivity index (χ2v) is 5.74. The van der Waals surface area contributed by atoms with Crippen LogP contribution in [0.4, 0.5) is 0 Å². The molecule has 0 bridgehead atoms. The second kappa shape index (κ2) is 7.76. The number of pyridine rings is 1. The number of likely N-dealkylation sites (N-methyl/N-ethyl adjacent to an activating group) is 1. The molecule has 24 heavy (non-hydrogen) atoms. The van der Waals surface area contributed by atoms with Crippen LogP contribution in [-0.4, -0.2) is 54.9 Å². The minimum atomic E-state index is -0.579. The maximum absolute atomic E-state index is 10.4. The van der Waals surface area contributed by atoms with Crippen LogP contribution >= 0.6 is 0 Å². The van der Waals surface area contributed by atoms with Gasteiger partial charge in [-0.25, -0.2) is 4.68 Å². The third-order valence-corrected chi connectivity index (χ3v) is 3.63. The lowest BCUT2D eigenvalue weighted by atomic mass is 10.2. The molecule has 0 aliphatic rings. The highest BCUT2D eigenvalue weighted by Gasteiger charge is 2.15. The van der Waals surface area contributed by atoms with Crippen molar-refractivity contribution >= 4 is 0 Å². The molecule has 0 aliphatic heterocycles. The highest BCUT2D eigenvalue weighted by Crippen LogP contribution is 2.12. The Morgan fingerprint density at radius 1 is 1.12 bits per heavy atom. The van der Waals surface area contributed by atoms with Crippen LogP contribution in [0.3, 0.4) is 0 Å². The van der Waals surface area contributed by atoms with E-state index in [4.69, 9.17) is 0 Å². The summed E-state index contributed by atoms with van der Waals surface area (Å²) in [5.74, 6) is 0.556. The van der Waals surface area contributed by atoms with E-state index < -0.39 is 6.10 Å². The van der Waals surface area contributed by atoms with Crippen molar-refractivity contribution in [2.45, 2.75) is 19.2 Å². The fourth-order valence-corrected chi connectivity index (χ4v) is 2.58. The van der Waals surface area contributed by atoms with Gasteiger partial charge in [-0.15, -0.1) is 5.10 Å². The first-order valence-electron chi connectivity index (χ1n) is 7.80. The number of aromatic nitrogens is 5. The number of aliphatic hydroxyl groups excluding tert-OH is 1. The summed E-state index contributed by atoms with van der Waals surface area (Å²) in [6.45, 7) is 1.62. The molecule has 3 rings (SSSR count). The van der Waals surface area contributed by atoms with Gasteiger partial charge < -0.3 is 5.11 Å². The molecule has 1 atom stereocenters. The number of aliphatic hydroxyl groups is 1. The third-order valence-electron chi connectivity index (χ3n) is 3.63. The Labute approximate surface area is 140 Å². The highest BCUT2D eigenvalue weighted by molar-refractivity contribution is 5.47. The van der Waals surface area contributed by atoms with Crippen LogP contribution in [0, 0.1) is 0 Å². The van der Waals surface area contributed by atoms with Crippen molar-refractivity contribution in [1.82, 2.24) is 30.1 Å². The predicted octanol–water partition coefficient (Wildman–Crippen LogP) is 1.23. The van der Waals surface area contributed by atoms with E-state index >= 15 is 0 Å². The van der Waals surface area contributed by atoms with Crippen molar-refractivity contribution in [1.29, 1.82) is 0 Å². The predicted molar refractivity (Wildman–Crippen MR) is 89.8 cm³/mol. The van der Waals surface area contributed by atoms with Crippen LogP contribution < -0.4 is 0 Å². The van der Waals surface area contributed by atoms with E-state index in [0.29, 0.717) is 24.6 Å². The molecule has 1 aromatic carbocycles. The van der Waals surface area contributed by atoms with Crippen molar-refractivity contribution in [2.24, 2.45) is 0 Å². The van der Waals surface area contributed by atoms with Gasteiger partial charge in [0, 0.05) is 19.3 Å². The average Bonchev–Trinajstić information content (AvgIpc) is 3.04. The minimum Gasteiger partial charge on any atom is -0.390 e. The quantitative estimate of drug-likeness (QED) is 0.704. The summed E-state index contributed by atoms with van der Waals surface area (Å²) in [6, 6.07) is 15.7. The van der Waals surface area contributed by atoms with E-state index in [9.17, 15) is 5.11 Å². The normalized spacial score (nSPS) is 12.5. The highest BCUT2D eigenvalue weighted by atomic mass is 16.3. The summed E-state index contributed by atoms with van der Waals surface area (Å²) in [5, 5.41) is 22.0. The molecule has 7 heteroatoms. The second-order valence-electron chi connectivity index (χ2n) is 5.74. The fourth-order valence-electron chi connectivity index (χ4n) is 2.58. The van der Waals surface area contributed by atoms with E-state index in [-0.39, 0.29) is 0 Å². The molecule has 2 heterocycles. The number of nitrogens with zero attached hydrogens (tertiary/aromatic N) is 6. The Hall–Kier alpha value is -2.64. The average molecular weight is 324 g/mol. The lowest BCUT2D eigenvalue weighted by Gasteiger charge is -2.20. The monoisotopic (exact) mass is 324 g/mol. The van der Waals surface area contributed by atoms with Gasteiger partial charge in [0.25, 0.3) is 0 Å². The van der Waals surface area contributed by atoms with Crippen molar-refractivity contribution in [2.75, 3.05) is 13.6 Å². The molecule has 124 valence electrons. The first-order valence-corrected chi connectivity index (χ1v) is 7.80. The standard InChI is InChI=1S/C17H20N6O/c1-22(11-14-7-3-2-4-8-14)12-15(24)13-23-17(19-20-21-23)16-9-5-6-10-18-16/h2-10,15,24H,11-13H2,1H3/t15-/m0/s1. The van der Waals surface area contributed by atoms with Crippen LogP contribution in [0.25, 0.3) is 11.5 Å². The Bertz CT molecular complexity index is 746. The summed E-state index contributed by atoms with van der Waals surface area (Å²) in [5.41, 5.74) is 1.90. The first kappa shape index (κ1) is 16.2. The van der Waals surface area contributed by atoms with Crippen molar-refractivity contribution in [3.8, 4) is 11.5 Å². The molecule has 0 aliphatic carbocycles. The molecule has 2 aromatic heterocycles. The molecule has 0 saturated carbocycles. The number of rotatable bonds is 7. The molecule has 7 nitrogen and oxygen atoms in total.